The van der Waals surface area contributed by atoms with Crippen LogP contribution in [0.1, 0.15) is 0 Å². The van der Waals surface area contributed by atoms with Crippen LogP contribution in [-0.4, -0.2) is 34.8 Å². The standard InChI is InChI=1S/C4H5O9P/c5-1-2(6)12-14(8,9)13-3(7)4-10-11-4/h4-5H,1H2,(H,8,9). The van der Waals surface area contributed by atoms with E-state index in [1.807, 2.05) is 0 Å². The summed E-state index contributed by atoms with van der Waals surface area (Å²) in [5.41, 5.74) is 0. The minimum atomic E-state index is -4.85. The molecule has 0 aromatic rings. The summed E-state index contributed by atoms with van der Waals surface area (Å²) in [6, 6.07) is 0. The molecule has 1 heterocycles. The number of carbonyl (C=O) groups excluding carboxylic acids is 2. The highest BCUT2D eigenvalue weighted by Gasteiger charge is 2.42. The van der Waals surface area contributed by atoms with Crippen molar-refractivity contribution in [3.63, 3.8) is 0 Å². The molecule has 1 unspecified atom stereocenters. The Morgan fingerprint density at radius 1 is 1.36 bits per heavy atom. The first-order chi connectivity index (χ1) is 6.44. The molecule has 2 N–H and O–H groups in total. The minimum Gasteiger partial charge on any atom is -0.385 e. The molecule has 0 aromatic heterocycles. The molecule has 1 aliphatic heterocycles. The Balaban J connectivity index is 2.43. The SMILES string of the molecule is O=C(CO)OP(=O)(O)OC(=O)C1OO1. The van der Waals surface area contributed by atoms with Gasteiger partial charge in [-0.15, -0.1) is 0 Å². The Kier molecular flexibility index (Phi) is 3.19. The second-order valence-corrected chi connectivity index (χ2v) is 3.33. The largest absolute Gasteiger partial charge is 0.589 e. The fraction of sp³-hybridized carbons (Fsp3) is 0.500. The van der Waals surface area contributed by atoms with Crippen LogP contribution in [0.3, 0.4) is 0 Å². The smallest absolute Gasteiger partial charge is 0.385 e. The number of phosphoric ester groups is 1. The van der Waals surface area contributed by atoms with Gasteiger partial charge in [0.15, 0.2) is 0 Å². The third-order valence-electron chi connectivity index (χ3n) is 0.937. The Labute approximate surface area is 76.7 Å². The monoisotopic (exact) mass is 228 g/mol. The van der Waals surface area contributed by atoms with Crippen LogP contribution in [0.2, 0.25) is 0 Å². The molecular formula is C4H5O9P. The Bertz CT molecular complexity index is 293. The summed E-state index contributed by atoms with van der Waals surface area (Å²) in [5.74, 6) is -2.71. The van der Waals surface area contributed by atoms with Crippen LogP contribution in [-0.2, 0) is 33.0 Å². The lowest BCUT2D eigenvalue weighted by atomic mass is 10.7. The summed E-state index contributed by atoms with van der Waals surface area (Å²) in [5, 5.41) is 8.16. The number of aliphatic hydroxyl groups is 1. The molecule has 1 atom stereocenters. The molecule has 1 fully saturated rings. The normalized spacial score (nSPS) is 19.6. The molecule has 0 radical (unpaired) electrons. The number of aliphatic hydroxyl groups excluding tert-OH is 1. The van der Waals surface area contributed by atoms with Crippen LogP contribution in [0.15, 0.2) is 0 Å². The Morgan fingerprint density at radius 2 is 1.93 bits per heavy atom. The number of rotatable bonds is 4. The molecule has 0 aliphatic carbocycles. The number of phosphoric acid groups is 1. The van der Waals surface area contributed by atoms with E-state index in [-0.39, 0.29) is 0 Å². The Morgan fingerprint density at radius 3 is 2.36 bits per heavy atom. The lowest BCUT2D eigenvalue weighted by Crippen LogP contribution is -2.14. The van der Waals surface area contributed by atoms with Crippen molar-refractivity contribution in [2.75, 3.05) is 6.61 Å². The van der Waals surface area contributed by atoms with Crippen molar-refractivity contribution in [2.45, 2.75) is 6.29 Å². The third-order valence-corrected chi connectivity index (χ3v) is 1.78. The van der Waals surface area contributed by atoms with Crippen molar-refractivity contribution >= 4 is 19.8 Å². The summed E-state index contributed by atoms with van der Waals surface area (Å²) in [6.07, 6.45) is -1.37. The summed E-state index contributed by atoms with van der Waals surface area (Å²) in [6.45, 7) is -1.11. The van der Waals surface area contributed by atoms with Crippen LogP contribution in [0, 0.1) is 0 Å². The van der Waals surface area contributed by atoms with Gasteiger partial charge in [-0.05, 0) is 0 Å². The summed E-state index contributed by atoms with van der Waals surface area (Å²) < 4.78 is 18.3. The van der Waals surface area contributed by atoms with E-state index in [4.69, 9.17) is 10.00 Å². The van der Waals surface area contributed by atoms with E-state index in [0.717, 1.165) is 0 Å². The van der Waals surface area contributed by atoms with Crippen molar-refractivity contribution in [3.05, 3.63) is 0 Å². The lowest BCUT2D eigenvalue weighted by Gasteiger charge is -2.08. The molecule has 0 saturated carbocycles. The highest BCUT2D eigenvalue weighted by molar-refractivity contribution is 7.48. The molecule has 80 valence electrons. The predicted octanol–water partition coefficient (Wildman–Crippen LogP) is -1.55. The zero-order chi connectivity index (χ0) is 10.8. The van der Waals surface area contributed by atoms with Crippen LogP contribution in [0.5, 0.6) is 0 Å². The van der Waals surface area contributed by atoms with Gasteiger partial charge in [-0.25, -0.2) is 14.2 Å². The van der Waals surface area contributed by atoms with Crippen LogP contribution >= 0.6 is 7.82 Å². The minimum absolute atomic E-state index is 1.11. The van der Waals surface area contributed by atoms with Gasteiger partial charge >= 0.3 is 26.1 Å². The predicted molar refractivity (Wildman–Crippen MR) is 35.1 cm³/mol. The maximum atomic E-state index is 10.8. The van der Waals surface area contributed by atoms with Gasteiger partial charge in [-0.3, -0.25) is 4.89 Å². The van der Waals surface area contributed by atoms with Crippen LogP contribution in [0.25, 0.3) is 0 Å². The number of hydrogen-bond acceptors (Lipinski definition) is 8. The molecule has 0 aromatic carbocycles. The zero-order valence-corrected chi connectivity index (χ0v) is 7.38. The second kappa shape index (κ2) is 4.03. The van der Waals surface area contributed by atoms with E-state index in [9.17, 15) is 14.2 Å². The van der Waals surface area contributed by atoms with Crippen molar-refractivity contribution in [3.8, 4) is 0 Å². The maximum Gasteiger partial charge on any atom is 0.589 e. The van der Waals surface area contributed by atoms with Gasteiger partial charge in [-0.1, -0.05) is 0 Å². The molecule has 1 saturated heterocycles. The quantitative estimate of drug-likeness (QED) is 0.333. The highest BCUT2D eigenvalue weighted by Crippen LogP contribution is 2.44. The van der Waals surface area contributed by atoms with Gasteiger partial charge < -0.3 is 14.2 Å². The summed E-state index contributed by atoms with van der Waals surface area (Å²) in [7, 11) is -4.85. The van der Waals surface area contributed by atoms with Crippen molar-refractivity contribution < 1.29 is 43.0 Å². The average Bonchev–Trinajstić information content (AvgIpc) is 2.84. The van der Waals surface area contributed by atoms with Gasteiger partial charge in [0.2, 0.25) is 0 Å². The Hall–Kier alpha value is -0.990. The lowest BCUT2D eigenvalue weighted by molar-refractivity contribution is -0.143. The van der Waals surface area contributed by atoms with E-state index in [2.05, 4.69) is 18.8 Å². The topological polar surface area (TPSA) is 135 Å². The zero-order valence-electron chi connectivity index (χ0n) is 6.48. The summed E-state index contributed by atoms with van der Waals surface area (Å²) in [4.78, 5) is 37.6. The first kappa shape index (κ1) is 11.1. The van der Waals surface area contributed by atoms with E-state index in [1.165, 1.54) is 0 Å². The highest BCUT2D eigenvalue weighted by atomic mass is 31.2. The molecule has 9 nitrogen and oxygen atoms in total. The van der Waals surface area contributed by atoms with Crippen molar-refractivity contribution in [2.24, 2.45) is 0 Å². The molecule has 10 heteroatoms. The third kappa shape index (κ3) is 3.40. The molecule has 0 bridgehead atoms. The van der Waals surface area contributed by atoms with E-state index in [1.54, 1.807) is 0 Å². The molecule has 14 heavy (non-hydrogen) atoms. The molecule has 0 amide bonds. The molecular weight excluding hydrogens is 223 g/mol. The van der Waals surface area contributed by atoms with Gasteiger partial charge in [0, 0.05) is 0 Å². The number of hydrogen-bond donors (Lipinski definition) is 2. The average molecular weight is 228 g/mol. The van der Waals surface area contributed by atoms with Gasteiger partial charge in [0.05, 0.1) is 0 Å². The van der Waals surface area contributed by atoms with Crippen molar-refractivity contribution in [1.82, 2.24) is 0 Å². The van der Waals surface area contributed by atoms with Crippen LogP contribution < -0.4 is 0 Å². The van der Waals surface area contributed by atoms with Crippen molar-refractivity contribution in [1.29, 1.82) is 0 Å². The van der Waals surface area contributed by atoms with Gasteiger partial charge in [-0.2, -0.15) is 9.78 Å². The summed E-state index contributed by atoms with van der Waals surface area (Å²) >= 11 is 0. The second-order valence-electron chi connectivity index (χ2n) is 2.02. The van der Waals surface area contributed by atoms with Gasteiger partial charge in [0.25, 0.3) is 0 Å². The van der Waals surface area contributed by atoms with Crippen LogP contribution in [0.4, 0.5) is 0 Å². The maximum absolute atomic E-state index is 10.8. The fourth-order valence-corrected chi connectivity index (χ4v) is 1.11. The first-order valence-corrected chi connectivity index (χ1v) is 4.66. The first-order valence-electron chi connectivity index (χ1n) is 3.16. The van der Waals surface area contributed by atoms with E-state index < -0.39 is 32.7 Å². The van der Waals surface area contributed by atoms with E-state index in [0.29, 0.717) is 0 Å². The van der Waals surface area contributed by atoms with E-state index >= 15 is 0 Å². The molecule has 1 aliphatic rings. The fourth-order valence-electron chi connectivity index (χ4n) is 0.439. The van der Waals surface area contributed by atoms with Gasteiger partial charge in [0.1, 0.15) is 6.61 Å². The number of carbonyl (C=O) groups is 2. The molecule has 1 rings (SSSR count). The molecule has 0 spiro atoms.